The Hall–Kier alpha value is -2.19. The summed E-state index contributed by atoms with van der Waals surface area (Å²) in [5, 5.41) is 0. The topological polar surface area (TPSA) is 35.3 Å². The van der Waals surface area contributed by atoms with Gasteiger partial charge in [0.1, 0.15) is 6.20 Å². The summed E-state index contributed by atoms with van der Waals surface area (Å²) in [5.41, 5.74) is -3.10. The lowest BCUT2D eigenvalue weighted by Crippen LogP contribution is -2.13. The molecular weight excluding hydrogens is 292 g/mol. The van der Waals surface area contributed by atoms with Gasteiger partial charge in [0.15, 0.2) is 12.1 Å². The van der Waals surface area contributed by atoms with Crippen LogP contribution in [0.4, 0.5) is 26.3 Å². The number of halogens is 6. The van der Waals surface area contributed by atoms with Gasteiger partial charge in [-0.2, -0.15) is 26.3 Å². The van der Waals surface area contributed by atoms with Crippen molar-refractivity contribution in [2.75, 3.05) is 0 Å². The van der Waals surface area contributed by atoms with E-state index in [4.69, 9.17) is 0 Å². The van der Waals surface area contributed by atoms with E-state index < -0.39 is 35.2 Å². The highest BCUT2D eigenvalue weighted by Gasteiger charge is 2.42. The van der Waals surface area contributed by atoms with E-state index in [1.807, 2.05) is 0 Å². The van der Waals surface area contributed by atoms with E-state index in [0.717, 1.165) is 12.6 Å². The van der Waals surface area contributed by atoms with Crippen molar-refractivity contribution in [3.63, 3.8) is 0 Å². The lowest BCUT2D eigenvalue weighted by molar-refractivity contribution is -0.145. The molecule has 9 heteroatoms. The Bertz CT molecular complexity index is 556. The minimum absolute atomic E-state index is 0.487. The molecule has 0 N–H and O–H groups in total. The molecule has 108 valence electrons. The van der Waals surface area contributed by atoms with Crippen molar-refractivity contribution in [2.45, 2.75) is 12.4 Å². The molecule has 1 aromatic heterocycles. The largest absolute Gasteiger partial charge is 0.424 e. The second kappa shape index (κ2) is 4.73. The second-order valence-electron chi connectivity index (χ2n) is 3.60. The molecule has 1 heterocycles. The van der Waals surface area contributed by atoms with Crippen molar-refractivity contribution < 1.29 is 35.5 Å². The Morgan fingerprint density at radius 3 is 1.90 bits per heavy atom. The van der Waals surface area contributed by atoms with E-state index in [2.05, 4.69) is 14.1 Å². The molecule has 0 aliphatic rings. The van der Waals surface area contributed by atoms with Crippen LogP contribution in [0.1, 0.15) is 11.1 Å². The summed E-state index contributed by atoms with van der Waals surface area (Å²) in [7, 11) is 0. The molecule has 0 saturated carbocycles. The Labute approximate surface area is 107 Å². The second-order valence-corrected chi connectivity index (χ2v) is 3.60. The molecule has 0 radical (unpaired) electrons. The smallest absolute Gasteiger partial charge is 0.420 e. The van der Waals surface area contributed by atoms with Crippen LogP contribution in [0, 0.1) is 0 Å². The standard InChI is InChI=1S/C11H5F6NO2/c12-10(13,14)6-2-1-3-7(11(15,16)17)9(6)20-8-4-18-5-19-8/h1-5H. The first-order valence-corrected chi connectivity index (χ1v) is 5.03. The third-order valence-electron chi connectivity index (χ3n) is 2.24. The Morgan fingerprint density at radius 2 is 1.50 bits per heavy atom. The zero-order valence-corrected chi connectivity index (χ0v) is 9.42. The van der Waals surface area contributed by atoms with Gasteiger partial charge in [-0.3, -0.25) is 0 Å². The Kier molecular flexibility index (Phi) is 3.36. The number of benzene rings is 1. The molecular formula is C11H5F6NO2. The summed E-state index contributed by atoms with van der Waals surface area (Å²) < 4.78 is 85.6. The number of alkyl halides is 6. The molecule has 0 atom stereocenters. The molecule has 0 unspecified atom stereocenters. The third kappa shape index (κ3) is 2.86. The molecule has 0 fully saturated rings. The van der Waals surface area contributed by atoms with Gasteiger partial charge in [-0.25, -0.2) is 4.98 Å². The molecule has 1 aromatic carbocycles. The summed E-state index contributed by atoms with van der Waals surface area (Å²) in [6, 6.07) is 1.63. The number of oxazole rings is 1. The zero-order chi connectivity index (χ0) is 15.0. The molecule has 0 aliphatic heterocycles. The summed E-state index contributed by atoms with van der Waals surface area (Å²) in [5.74, 6) is -1.95. The third-order valence-corrected chi connectivity index (χ3v) is 2.24. The van der Waals surface area contributed by atoms with E-state index >= 15 is 0 Å². The van der Waals surface area contributed by atoms with Gasteiger partial charge >= 0.3 is 18.3 Å². The number of aromatic nitrogens is 1. The van der Waals surface area contributed by atoms with Crippen molar-refractivity contribution in [1.82, 2.24) is 4.98 Å². The molecule has 20 heavy (non-hydrogen) atoms. The molecule has 2 rings (SSSR count). The average molecular weight is 297 g/mol. The van der Waals surface area contributed by atoms with E-state index in [-0.39, 0.29) is 0 Å². The van der Waals surface area contributed by atoms with Gasteiger partial charge in [-0.05, 0) is 12.1 Å². The fraction of sp³-hybridized carbons (Fsp3) is 0.182. The van der Waals surface area contributed by atoms with Gasteiger partial charge in [0.2, 0.25) is 0 Å². The molecule has 0 bridgehead atoms. The molecule has 0 amide bonds. The van der Waals surface area contributed by atoms with Gasteiger partial charge in [-0.15, -0.1) is 0 Å². The predicted molar refractivity (Wildman–Crippen MR) is 53.0 cm³/mol. The Balaban J connectivity index is 2.59. The van der Waals surface area contributed by atoms with Crippen molar-refractivity contribution in [2.24, 2.45) is 0 Å². The summed E-state index contributed by atoms with van der Waals surface area (Å²) in [4.78, 5) is 3.35. The molecule has 0 spiro atoms. The van der Waals surface area contributed by atoms with Crippen LogP contribution in [0.3, 0.4) is 0 Å². The highest BCUT2D eigenvalue weighted by Crippen LogP contribution is 2.45. The van der Waals surface area contributed by atoms with Crippen LogP contribution in [0.5, 0.6) is 11.7 Å². The maximum atomic E-state index is 12.8. The maximum absolute atomic E-state index is 12.8. The fourth-order valence-electron chi connectivity index (χ4n) is 1.45. The van der Waals surface area contributed by atoms with Gasteiger partial charge in [-0.1, -0.05) is 6.07 Å². The first kappa shape index (κ1) is 14.2. The Morgan fingerprint density at radius 1 is 0.950 bits per heavy atom. The minimum Gasteiger partial charge on any atom is -0.424 e. The van der Waals surface area contributed by atoms with Crippen LogP contribution in [0.25, 0.3) is 0 Å². The highest BCUT2D eigenvalue weighted by atomic mass is 19.4. The molecule has 2 aromatic rings. The molecule has 0 saturated heterocycles. The molecule has 0 aliphatic carbocycles. The van der Waals surface area contributed by atoms with Gasteiger partial charge in [0, 0.05) is 0 Å². The summed E-state index contributed by atoms with van der Waals surface area (Å²) >= 11 is 0. The fourth-order valence-corrected chi connectivity index (χ4v) is 1.45. The number of para-hydroxylation sites is 1. The van der Waals surface area contributed by atoms with Crippen LogP contribution in [-0.2, 0) is 12.4 Å². The summed E-state index contributed by atoms with van der Waals surface area (Å²) in [6.07, 6.45) is -8.33. The number of ether oxygens (including phenoxy) is 1. The lowest BCUT2D eigenvalue weighted by Gasteiger charge is -2.17. The quantitative estimate of drug-likeness (QED) is 0.765. The van der Waals surface area contributed by atoms with Crippen LogP contribution >= 0.6 is 0 Å². The van der Waals surface area contributed by atoms with E-state index in [9.17, 15) is 26.3 Å². The first-order valence-electron chi connectivity index (χ1n) is 5.03. The van der Waals surface area contributed by atoms with E-state index in [1.54, 1.807) is 0 Å². The average Bonchev–Trinajstić information content (AvgIpc) is 2.79. The number of nitrogens with zero attached hydrogens (tertiary/aromatic N) is 1. The van der Waals surface area contributed by atoms with Gasteiger partial charge in [0.25, 0.3) is 0 Å². The number of hydrogen-bond donors (Lipinski definition) is 0. The van der Waals surface area contributed by atoms with Gasteiger partial charge < -0.3 is 9.15 Å². The monoisotopic (exact) mass is 297 g/mol. The lowest BCUT2D eigenvalue weighted by atomic mass is 10.1. The van der Waals surface area contributed by atoms with E-state index in [0.29, 0.717) is 18.2 Å². The van der Waals surface area contributed by atoms with Crippen molar-refractivity contribution in [3.8, 4) is 11.7 Å². The predicted octanol–water partition coefficient (Wildman–Crippen LogP) is 4.50. The van der Waals surface area contributed by atoms with Crippen molar-refractivity contribution in [1.29, 1.82) is 0 Å². The maximum Gasteiger partial charge on any atom is 0.420 e. The van der Waals surface area contributed by atoms with Crippen molar-refractivity contribution >= 4 is 0 Å². The van der Waals surface area contributed by atoms with Crippen LogP contribution < -0.4 is 4.74 Å². The summed E-state index contributed by atoms with van der Waals surface area (Å²) in [6.45, 7) is 0. The number of hydrogen-bond acceptors (Lipinski definition) is 3. The van der Waals surface area contributed by atoms with E-state index in [1.165, 1.54) is 0 Å². The SMILES string of the molecule is FC(F)(F)c1cccc(C(F)(F)F)c1Oc1cnco1. The van der Waals surface area contributed by atoms with Crippen molar-refractivity contribution in [3.05, 3.63) is 41.9 Å². The number of rotatable bonds is 2. The minimum atomic E-state index is -5.00. The zero-order valence-electron chi connectivity index (χ0n) is 9.42. The van der Waals surface area contributed by atoms with Crippen LogP contribution in [0.15, 0.2) is 35.2 Å². The molecule has 3 nitrogen and oxygen atoms in total. The normalized spacial score (nSPS) is 12.5. The first-order chi connectivity index (χ1) is 9.19. The van der Waals surface area contributed by atoms with Crippen LogP contribution in [-0.4, -0.2) is 4.98 Å². The highest BCUT2D eigenvalue weighted by molar-refractivity contribution is 5.46. The van der Waals surface area contributed by atoms with Gasteiger partial charge in [0.05, 0.1) is 11.1 Å². The van der Waals surface area contributed by atoms with Crippen LogP contribution in [0.2, 0.25) is 0 Å².